The molecule has 9 heteroatoms. The number of imide groups is 1. The molecule has 0 fully saturated rings. The Bertz CT molecular complexity index is 1330. The second kappa shape index (κ2) is 9.53. The van der Waals surface area contributed by atoms with Crippen LogP contribution in [0, 0.1) is 0 Å². The summed E-state index contributed by atoms with van der Waals surface area (Å²) in [4.78, 5) is 51.4. The molecule has 0 radical (unpaired) electrons. The van der Waals surface area contributed by atoms with Gasteiger partial charge in [-0.05, 0) is 48.9 Å². The maximum atomic E-state index is 12.6. The van der Waals surface area contributed by atoms with Gasteiger partial charge >= 0.3 is 5.97 Å². The van der Waals surface area contributed by atoms with Crippen molar-refractivity contribution in [1.82, 2.24) is 4.90 Å². The number of carbonyl (C=O) groups excluding carboxylic acids is 4. The molecule has 1 atom stereocenters. The Morgan fingerprint density at radius 3 is 2.22 bits per heavy atom. The standard InChI is InChI=1S/C27H22N2O7/c1-16(24(30)28-19-10-11-22-23(14-19)35-13-12-34-22)36-27(33)18-8-6-17(7-9-18)15-29-25(31)20-4-2-3-5-21(20)26(29)32/h2-11,14,16H,12-13,15H2,1H3,(H,28,30). The molecule has 3 aromatic carbocycles. The lowest BCUT2D eigenvalue weighted by Gasteiger charge is -2.19. The van der Waals surface area contributed by atoms with E-state index in [-0.39, 0.29) is 23.9 Å². The van der Waals surface area contributed by atoms with Gasteiger partial charge in [-0.3, -0.25) is 19.3 Å². The van der Waals surface area contributed by atoms with Crippen molar-refractivity contribution in [3.05, 3.63) is 89.0 Å². The predicted octanol–water partition coefficient (Wildman–Crippen LogP) is 3.44. The number of anilines is 1. The summed E-state index contributed by atoms with van der Waals surface area (Å²) < 4.78 is 16.3. The zero-order valence-corrected chi connectivity index (χ0v) is 19.4. The fourth-order valence-corrected chi connectivity index (χ4v) is 3.96. The van der Waals surface area contributed by atoms with Crippen LogP contribution in [0.25, 0.3) is 0 Å². The van der Waals surface area contributed by atoms with Gasteiger partial charge in [0.2, 0.25) is 0 Å². The Morgan fingerprint density at radius 2 is 1.56 bits per heavy atom. The Morgan fingerprint density at radius 1 is 0.917 bits per heavy atom. The van der Waals surface area contributed by atoms with Crippen LogP contribution in [-0.4, -0.2) is 47.9 Å². The van der Waals surface area contributed by atoms with Crippen LogP contribution in [0.15, 0.2) is 66.7 Å². The average Bonchev–Trinajstić information content (AvgIpc) is 3.14. The number of hydrogen-bond acceptors (Lipinski definition) is 7. The number of esters is 1. The maximum Gasteiger partial charge on any atom is 0.338 e. The predicted molar refractivity (Wildman–Crippen MR) is 128 cm³/mol. The first-order valence-corrected chi connectivity index (χ1v) is 11.4. The maximum absolute atomic E-state index is 12.6. The normalized spacial score (nSPS) is 14.8. The number of carbonyl (C=O) groups is 4. The molecular formula is C27H22N2O7. The van der Waals surface area contributed by atoms with Gasteiger partial charge in [-0.25, -0.2) is 4.79 Å². The van der Waals surface area contributed by atoms with E-state index in [0.717, 1.165) is 0 Å². The van der Waals surface area contributed by atoms with Crippen molar-refractivity contribution in [2.45, 2.75) is 19.6 Å². The van der Waals surface area contributed by atoms with Crippen molar-refractivity contribution in [2.24, 2.45) is 0 Å². The van der Waals surface area contributed by atoms with Gasteiger partial charge in [0.15, 0.2) is 17.6 Å². The largest absolute Gasteiger partial charge is 0.486 e. The topological polar surface area (TPSA) is 111 Å². The first-order chi connectivity index (χ1) is 17.4. The number of amides is 3. The van der Waals surface area contributed by atoms with E-state index in [0.29, 0.717) is 47.1 Å². The van der Waals surface area contributed by atoms with Crippen LogP contribution in [0.1, 0.15) is 43.6 Å². The van der Waals surface area contributed by atoms with Crippen LogP contribution >= 0.6 is 0 Å². The molecule has 2 heterocycles. The van der Waals surface area contributed by atoms with Gasteiger partial charge in [0.25, 0.3) is 17.7 Å². The van der Waals surface area contributed by atoms with E-state index in [1.165, 1.54) is 24.0 Å². The summed E-state index contributed by atoms with van der Waals surface area (Å²) in [5.41, 5.74) is 2.16. The summed E-state index contributed by atoms with van der Waals surface area (Å²) in [5, 5.41) is 2.69. The second-order valence-corrected chi connectivity index (χ2v) is 8.33. The highest BCUT2D eigenvalue weighted by Gasteiger charge is 2.35. The van der Waals surface area contributed by atoms with Gasteiger partial charge < -0.3 is 19.5 Å². The molecular weight excluding hydrogens is 464 g/mol. The molecule has 0 aromatic heterocycles. The van der Waals surface area contributed by atoms with E-state index in [1.54, 1.807) is 54.6 Å². The van der Waals surface area contributed by atoms with Crippen LogP contribution in [0.5, 0.6) is 11.5 Å². The third-order valence-electron chi connectivity index (χ3n) is 5.87. The van der Waals surface area contributed by atoms with Crippen molar-refractivity contribution in [3.63, 3.8) is 0 Å². The lowest BCUT2D eigenvalue weighted by atomic mass is 10.1. The van der Waals surface area contributed by atoms with Crippen LogP contribution in [0.4, 0.5) is 5.69 Å². The van der Waals surface area contributed by atoms with Gasteiger partial charge in [0, 0.05) is 11.8 Å². The van der Waals surface area contributed by atoms with Crippen LogP contribution in [0.2, 0.25) is 0 Å². The molecule has 36 heavy (non-hydrogen) atoms. The lowest BCUT2D eigenvalue weighted by molar-refractivity contribution is -0.123. The van der Waals surface area contributed by atoms with Gasteiger partial charge in [0.05, 0.1) is 23.2 Å². The number of rotatable bonds is 6. The highest BCUT2D eigenvalue weighted by atomic mass is 16.6. The molecule has 3 aromatic rings. The summed E-state index contributed by atoms with van der Waals surface area (Å²) in [7, 11) is 0. The molecule has 3 amide bonds. The third kappa shape index (κ3) is 4.50. The number of benzene rings is 3. The molecule has 182 valence electrons. The minimum Gasteiger partial charge on any atom is -0.486 e. The molecule has 0 bridgehead atoms. The highest BCUT2D eigenvalue weighted by molar-refractivity contribution is 6.21. The number of nitrogens with one attached hydrogen (secondary N) is 1. The molecule has 0 spiro atoms. The highest BCUT2D eigenvalue weighted by Crippen LogP contribution is 2.32. The summed E-state index contributed by atoms with van der Waals surface area (Å²) in [6.07, 6.45) is -1.05. The van der Waals surface area contributed by atoms with Gasteiger partial charge in [-0.1, -0.05) is 24.3 Å². The molecule has 1 unspecified atom stereocenters. The molecule has 9 nitrogen and oxygen atoms in total. The number of fused-ring (bicyclic) bond motifs is 2. The van der Waals surface area contributed by atoms with E-state index >= 15 is 0 Å². The molecule has 0 saturated carbocycles. The van der Waals surface area contributed by atoms with Gasteiger partial charge in [-0.15, -0.1) is 0 Å². The van der Waals surface area contributed by atoms with Crippen LogP contribution < -0.4 is 14.8 Å². The van der Waals surface area contributed by atoms with E-state index in [1.807, 2.05) is 0 Å². The average molecular weight is 486 g/mol. The summed E-state index contributed by atoms with van der Waals surface area (Å²) >= 11 is 0. The summed E-state index contributed by atoms with van der Waals surface area (Å²) in [6.45, 7) is 2.45. The third-order valence-corrected chi connectivity index (χ3v) is 5.87. The van der Waals surface area contributed by atoms with Crippen molar-refractivity contribution in [2.75, 3.05) is 18.5 Å². The number of nitrogens with zero attached hydrogens (tertiary/aromatic N) is 1. The quantitative estimate of drug-likeness (QED) is 0.420. The summed E-state index contributed by atoms with van der Waals surface area (Å²) in [6, 6.07) is 18.0. The zero-order chi connectivity index (χ0) is 25.2. The fraction of sp³-hybridized carbons (Fsp3) is 0.185. The lowest BCUT2D eigenvalue weighted by Crippen LogP contribution is -2.30. The molecule has 2 aliphatic heterocycles. The molecule has 1 N–H and O–H groups in total. The van der Waals surface area contributed by atoms with Gasteiger partial charge in [0.1, 0.15) is 13.2 Å². The monoisotopic (exact) mass is 486 g/mol. The van der Waals surface area contributed by atoms with Crippen LogP contribution in [-0.2, 0) is 16.1 Å². The van der Waals surface area contributed by atoms with Gasteiger partial charge in [-0.2, -0.15) is 0 Å². The smallest absolute Gasteiger partial charge is 0.338 e. The Balaban J connectivity index is 1.17. The van der Waals surface area contributed by atoms with E-state index in [4.69, 9.17) is 14.2 Å². The van der Waals surface area contributed by atoms with E-state index in [9.17, 15) is 19.2 Å². The van der Waals surface area contributed by atoms with Crippen molar-refractivity contribution in [1.29, 1.82) is 0 Å². The molecule has 2 aliphatic rings. The first kappa shape index (κ1) is 23.1. The minimum absolute atomic E-state index is 0.0794. The molecule has 0 aliphatic carbocycles. The van der Waals surface area contributed by atoms with Crippen LogP contribution in [0.3, 0.4) is 0 Å². The second-order valence-electron chi connectivity index (χ2n) is 8.33. The molecule has 0 saturated heterocycles. The van der Waals surface area contributed by atoms with Crippen molar-refractivity contribution in [3.8, 4) is 11.5 Å². The Kier molecular flexibility index (Phi) is 6.12. The summed E-state index contributed by atoms with van der Waals surface area (Å²) in [5.74, 6) is -0.738. The number of hydrogen-bond donors (Lipinski definition) is 1. The fourth-order valence-electron chi connectivity index (χ4n) is 3.96. The SMILES string of the molecule is CC(OC(=O)c1ccc(CN2C(=O)c3ccccc3C2=O)cc1)C(=O)Nc1ccc2c(c1)OCCO2. The minimum atomic E-state index is -1.05. The Hall–Kier alpha value is -4.66. The molecule has 5 rings (SSSR count). The zero-order valence-electron chi connectivity index (χ0n) is 19.4. The van der Waals surface area contributed by atoms with E-state index < -0.39 is 18.0 Å². The Labute approximate surface area is 206 Å². The number of ether oxygens (including phenoxy) is 3. The van der Waals surface area contributed by atoms with E-state index in [2.05, 4.69) is 5.32 Å². The first-order valence-electron chi connectivity index (χ1n) is 11.4. The van der Waals surface area contributed by atoms with Crippen molar-refractivity contribution >= 4 is 29.4 Å². The van der Waals surface area contributed by atoms with Crippen molar-refractivity contribution < 1.29 is 33.4 Å².